The molecule has 0 N–H and O–H groups in total. The molecule has 1 radical (unpaired) electrons. The Bertz CT molecular complexity index is 256. The largest absolute Gasteiger partial charge is 0.433 e. The Balaban J connectivity index is 2.96. The maximum absolute atomic E-state index is 11.8. The molecule has 1 nitrogen and oxygen atoms in total. The van der Waals surface area contributed by atoms with E-state index in [0.717, 1.165) is 0 Å². The van der Waals surface area contributed by atoms with Crippen molar-refractivity contribution < 1.29 is 13.5 Å². The smallest absolute Gasteiger partial charge is 0.387 e. The summed E-state index contributed by atoms with van der Waals surface area (Å²) in [6, 6.07) is 4.63. The Hall–Kier alpha value is -0.830. The van der Waals surface area contributed by atoms with Crippen molar-refractivity contribution in [2.45, 2.75) is 6.61 Å². The Morgan fingerprint density at radius 2 is 2.08 bits per heavy atom. The van der Waals surface area contributed by atoms with E-state index in [1.165, 1.54) is 6.07 Å². The molecule has 0 aliphatic rings. The van der Waals surface area contributed by atoms with Gasteiger partial charge in [0.15, 0.2) is 0 Å². The van der Waals surface area contributed by atoms with Crippen LogP contribution in [0.5, 0.6) is 5.75 Å². The van der Waals surface area contributed by atoms with Crippen LogP contribution in [0.1, 0.15) is 5.56 Å². The molecule has 0 atom stereocenters. The number of rotatable bonds is 2. The highest BCUT2D eigenvalue weighted by atomic mass is 35.5. The van der Waals surface area contributed by atoms with Crippen LogP contribution in [0.3, 0.4) is 0 Å². The summed E-state index contributed by atoms with van der Waals surface area (Å²) in [5.74, 6) is -0.0610. The third kappa shape index (κ3) is 2.08. The fraction of sp³-hybridized carbons (Fsp3) is 0.125. The molecule has 0 bridgehead atoms. The molecule has 0 fully saturated rings. The van der Waals surface area contributed by atoms with Gasteiger partial charge in [-0.2, -0.15) is 8.78 Å². The van der Waals surface area contributed by atoms with E-state index in [2.05, 4.69) is 11.7 Å². The summed E-state index contributed by atoms with van der Waals surface area (Å²) < 4.78 is 27.7. The van der Waals surface area contributed by atoms with E-state index in [1.54, 1.807) is 12.1 Å². The van der Waals surface area contributed by atoms with Crippen molar-refractivity contribution in [3.8, 4) is 5.75 Å². The molecule has 0 aliphatic carbocycles. The van der Waals surface area contributed by atoms with Gasteiger partial charge >= 0.3 is 6.61 Å². The van der Waals surface area contributed by atoms with E-state index in [1.807, 2.05) is 0 Å². The number of halogens is 3. The minimum absolute atomic E-state index is 0.0610. The minimum Gasteiger partial charge on any atom is -0.433 e. The monoisotopic (exact) mass is 191 g/mol. The van der Waals surface area contributed by atoms with Crippen LogP contribution in [0, 0.1) is 6.92 Å². The first-order valence-electron chi connectivity index (χ1n) is 3.16. The van der Waals surface area contributed by atoms with Crippen molar-refractivity contribution in [3.05, 3.63) is 35.7 Å². The number of ether oxygens (including phenoxy) is 1. The molecule has 0 saturated heterocycles. The SMILES string of the molecule is [CH2]c1cccc(Cl)c1OC(F)F. The molecule has 0 aliphatic heterocycles. The fourth-order valence-electron chi connectivity index (χ4n) is 0.775. The normalized spacial score (nSPS) is 10.4. The summed E-state index contributed by atoms with van der Waals surface area (Å²) in [5, 5.41) is 0.141. The van der Waals surface area contributed by atoms with Gasteiger partial charge in [-0.15, -0.1) is 0 Å². The molecule has 0 amide bonds. The molecule has 0 aromatic heterocycles. The average Bonchev–Trinajstić information content (AvgIpc) is 1.97. The first-order chi connectivity index (χ1) is 5.61. The Morgan fingerprint density at radius 1 is 1.42 bits per heavy atom. The summed E-state index contributed by atoms with van der Waals surface area (Å²) in [6.45, 7) is 0.622. The summed E-state index contributed by atoms with van der Waals surface area (Å²) in [4.78, 5) is 0. The van der Waals surface area contributed by atoms with Crippen LogP contribution >= 0.6 is 11.6 Å². The molecular weight excluding hydrogens is 186 g/mol. The van der Waals surface area contributed by atoms with Crippen LogP contribution < -0.4 is 4.74 Å². The molecular formula is C8H6ClF2O. The molecule has 1 rings (SSSR count). The topological polar surface area (TPSA) is 9.23 Å². The molecule has 0 saturated carbocycles. The van der Waals surface area contributed by atoms with Gasteiger partial charge in [-0.1, -0.05) is 23.7 Å². The number of hydrogen-bond acceptors (Lipinski definition) is 1. The average molecular weight is 192 g/mol. The molecule has 12 heavy (non-hydrogen) atoms. The Kier molecular flexibility index (Phi) is 2.87. The molecule has 0 unspecified atom stereocenters. The summed E-state index contributed by atoms with van der Waals surface area (Å²) in [7, 11) is 0. The van der Waals surface area contributed by atoms with Crippen LogP contribution in [0.4, 0.5) is 8.78 Å². The van der Waals surface area contributed by atoms with E-state index >= 15 is 0 Å². The summed E-state index contributed by atoms with van der Waals surface area (Å²) in [6.07, 6.45) is 0. The lowest BCUT2D eigenvalue weighted by Crippen LogP contribution is -2.03. The highest BCUT2D eigenvalue weighted by molar-refractivity contribution is 6.32. The first-order valence-corrected chi connectivity index (χ1v) is 3.54. The van der Waals surface area contributed by atoms with Gasteiger partial charge in [0, 0.05) is 0 Å². The number of benzene rings is 1. The van der Waals surface area contributed by atoms with Crippen molar-refractivity contribution in [2.24, 2.45) is 0 Å². The molecule has 0 heterocycles. The standard InChI is InChI=1S/C8H6ClF2O/c1-5-3-2-4-6(9)7(5)12-8(10)11/h2-4,8H,1H2. The van der Waals surface area contributed by atoms with Gasteiger partial charge in [-0.3, -0.25) is 0 Å². The lowest BCUT2D eigenvalue weighted by atomic mass is 10.2. The van der Waals surface area contributed by atoms with Crippen molar-refractivity contribution in [3.63, 3.8) is 0 Å². The molecule has 65 valence electrons. The van der Waals surface area contributed by atoms with Crippen molar-refractivity contribution >= 4 is 11.6 Å². The van der Waals surface area contributed by atoms with Crippen molar-refractivity contribution in [1.29, 1.82) is 0 Å². The van der Waals surface area contributed by atoms with Gasteiger partial charge in [-0.05, 0) is 18.6 Å². The maximum atomic E-state index is 11.8. The van der Waals surface area contributed by atoms with E-state index < -0.39 is 6.61 Å². The first kappa shape index (κ1) is 9.26. The van der Waals surface area contributed by atoms with Gasteiger partial charge in [0.25, 0.3) is 0 Å². The van der Waals surface area contributed by atoms with Crippen molar-refractivity contribution in [1.82, 2.24) is 0 Å². The molecule has 4 heteroatoms. The highest BCUT2D eigenvalue weighted by Gasteiger charge is 2.10. The quantitative estimate of drug-likeness (QED) is 0.698. The van der Waals surface area contributed by atoms with Crippen LogP contribution in [-0.2, 0) is 0 Å². The highest BCUT2D eigenvalue weighted by Crippen LogP contribution is 2.28. The predicted molar refractivity (Wildman–Crippen MR) is 42.5 cm³/mol. The van der Waals surface area contributed by atoms with Crippen molar-refractivity contribution in [2.75, 3.05) is 0 Å². The van der Waals surface area contributed by atoms with Gasteiger partial charge in [0.1, 0.15) is 5.75 Å². The van der Waals surface area contributed by atoms with E-state index in [4.69, 9.17) is 11.6 Å². The van der Waals surface area contributed by atoms with Gasteiger partial charge in [0.2, 0.25) is 0 Å². The maximum Gasteiger partial charge on any atom is 0.387 e. The number of alkyl halides is 2. The second kappa shape index (κ2) is 3.72. The van der Waals surface area contributed by atoms with Gasteiger partial charge in [0.05, 0.1) is 5.02 Å². The zero-order chi connectivity index (χ0) is 9.14. The van der Waals surface area contributed by atoms with Crippen LogP contribution in [0.2, 0.25) is 5.02 Å². The van der Waals surface area contributed by atoms with Gasteiger partial charge in [-0.25, -0.2) is 0 Å². The molecule has 0 spiro atoms. The minimum atomic E-state index is -2.87. The lowest BCUT2D eigenvalue weighted by Gasteiger charge is -2.08. The van der Waals surface area contributed by atoms with Crippen LogP contribution in [0.25, 0.3) is 0 Å². The third-order valence-corrected chi connectivity index (χ3v) is 1.55. The second-order valence-electron chi connectivity index (χ2n) is 2.11. The number of hydrogen-bond donors (Lipinski definition) is 0. The Labute approximate surface area is 73.9 Å². The van der Waals surface area contributed by atoms with E-state index in [0.29, 0.717) is 5.56 Å². The zero-order valence-corrected chi connectivity index (χ0v) is 6.81. The number of para-hydroxylation sites is 1. The molecule has 1 aromatic rings. The third-order valence-electron chi connectivity index (χ3n) is 1.26. The molecule has 1 aromatic carbocycles. The fourth-order valence-corrected chi connectivity index (χ4v) is 1.01. The predicted octanol–water partition coefficient (Wildman–Crippen LogP) is 3.12. The van der Waals surface area contributed by atoms with Crippen LogP contribution in [-0.4, -0.2) is 6.61 Å². The van der Waals surface area contributed by atoms with E-state index in [-0.39, 0.29) is 10.8 Å². The lowest BCUT2D eigenvalue weighted by molar-refractivity contribution is -0.0500. The zero-order valence-electron chi connectivity index (χ0n) is 6.06. The summed E-state index contributed by atoms with van der Waals surface area (Å²) >= 11 is 5.58. The Morgan fingerprint density at radius 3 is 2.58 bits per heavy atom. The van der Waals surface area contributed by atoms with Crippen LogP contribution in [0.15, 0.2) is 18.2 Å². The van der Waals surface area contributed by atoms with Gasteiger partial charge < -0.3 is 4.74 Å². The summed E-state index contributed by atoms with van der Waals surface area (Å²) in [5.41, 5.74) is 0.350. The van der Waals surface area contributed by atoms with E-state index in [9.17, 15) is 8.78 Å². The second-order valence-corrected chi connectivity index (χ2v) is 2.51.